The molecule has 0 heterocycles. The molecule has 3 heteroatoms. The minimum atomic E-state index is 0.369. The van der Waals surface area contributed by atoms with Crippen molar-refractivity contribution >= 4 is 0 Å². The lowest BCUT2D eigenvalue weighted by atomic mass is 10.1. The van der Waals surface area contributed by atoms with E-state index in [9.17, 15) is 0 Å². The molecular formula is C40H80O3. The van der Waals surface area contributed by atoms with Crippen LogP contribution in [0.1, 0.15) is 207 Å². The second-order valence-electron chi connectivity index (χ2n) is 12.4. The number of ether oxygens (including phenoxy) is 3. The fraction of sp³-hybridized carbons (Fsp3) is 0.900. The fourth-order valence-corrected chi connectivity index (χ4v) is 5.02. The molecule has 43 heavy (non-hydrogen) atoms. The smallest absolute Gasteiger partial charge is 0.149 e. The van der Waals surface area contributed by atoms with Gasteiger partial charge in [0.1, 0.15) is 13.6 Å². The van der Waals surface area contributed by atoms with Crippen molar-refractivity contribution in [3.8, 4) is 0 Å². The lowest BCUT2D eigenvalue weighted by Gasteiger charge is -2.07. The molecule has 0 aromatic carbocycles. The first kappa shape index (κ1) is 44.5. The van der Waals surface area contributed by atoms with Gasteiger partial charge in [0.2, 0.25) is 0 Å². The molecule has 0 aromatic heterocycles. The zero-order valence-corrected chi connectivity index (χ0v) is 30.2. The minimum Gasteiger partial charge on any atom is -0.355 e. The summed E-state index contributed by atoms with van der Waals surface area (Å²) in [5.74, 6) is 0. The summed E-state index contributed by atoms with van der Waals surface area (Å²) >= 11 is 0. The molecule has 0 rings (SSSR count). The maximum absolute atomic E-state index is 5.47. The third-order valence-corrected chi connectivity index (χ3v) is 7.90. The van der Waals surface area contributed by atoms with Crippen LogP contribution in [-0.4, -0.2) is 26.8 Å². The van der Waals surface area contributed by atoms with Crippen LogP contribution in [0.2, 0.25) is 0 Å². The van der Waals surface area contributed by atoms with Crippen LogP contribution in [-0.2, 0) is 14.2 Å². The average molecular weight is 609 g/mol. The van der Waals surface area contributed by atoms with Crippen molar-refractivity contribution in [1.82, 2.24) is 0 Å². The van der Waals surface area contributed by atoms with Crippen molar-refractivity contribution in [3.63, 3.8) is 0 Å². The van der Waals surface area contributed by atoms with Gasteiger partial charge in [0, 0.05) is 13.2 Å². The molecule has 0 aliphatic carbocycles. The molecule has 0 aliphatic rings. The van der Waals surface area contributed by atoms with Gasteiger partial charge in [-0.2, -0.15) is 0 Å². The van der Waals surface area contributed by atoms with E-state index in [1.165, 1.54) is 167 Å². The third-order valence-electron chi connectivity index (χ3n) is 7.90. The number of hydrogen-bond donors (Lipinski definition) is 0. The first-order chi connectivity index (χ1) is 21.3. The Kier molecular flexibility index (Phi) is 47.4. The van der Waals surface area contributed by atoms with Gasteiger partial charge in [0.25, 0.3) is 0 Å². The molecule has 0 aliphatic heterocycles. The van der Waals surface area contributed by atoms with Gasteiger partial charge in [-0.15, -0.1) is 0 Å². The maximum Gasteiger partial charge on any atom is 0.149 e. The highest BCUT2D eigenvalue weighted by atomic mass is 16.7. The molecular weight excluding hydrogens is 528 g/mol. The molecule has 0 radical (unpaired) electrons. The summed E-state index contributed by atoms with van der Waals surface area (Å²) in [6, 6.07) is 0. The first-order valence-electron chi connectivity index (χ1n) is 19.4. The Morgan fingerprint density at radius 1 is 0.302 bits per heavy atom. The molecule has 0 aromatic rings. The molecule has 0 unspecified atom stereocenters. The number of allylic oxidation sites excluding steroid dienone is 4. The molecule has 258 valence electrons. The summed E-state index contributed by atoms with van der Waals surface area (Å²) in [6.07, 6.45) is 46.9. The van der Waals surface area contributed by atoms with Crippen molar-refractivity contribution in [2.45, 2.75) is 207 Å². The zero-order valence-electron chi connectivity index (χ0n) is 30.2. The largest absolute Gasteiger partial charge is 0.355 e. The predicted octanol–water partition coefficient (Wildman–Crippen LogP) is 14.1. The Morgan fingerprint density at radius 2 is 0.628 bits per heavy atom. The second kappa shape index (κ2) is 45.8. The van der Waals surface area contributed by atoms with Gasteiger partial charge in [-0.25, -0.2) is 0 Å². The SMILES string of the molecule is CC/C=C\CCCCCCCC/C=C/CCCC.CCCCCCCCCCOCOCOCCCCCCCCCC. The number of hydrogen-bond acceptors (Lipinski definition) is 3. The summed E-state index contributed by atoms with van der Waals surface area (Å²) in [5.41, 5.74) is 0. The van der Waals surface area contributed by atoms with Crippen molar-refractivity contribution < 1.29 is 14.2 Å². The molecule has 3 nitrogen and oxygen atoms in total. The van der Waals surface area contributed by atoms with Gasteiger partial charge in [0.15, 0.2) is 0 Å². The zero-order chi connectivity index (χ0) is 31.6. The summed E-state index contributed by atoms with van der Waals surface area (Å²) in [7, 11) is 0. The van der Waals surface area contributed by atoms with Crippen molar-refractivity contribution in [2.24, 2.45) is 0 Å². The van der Waals surface area contributed by atoms with Crippen LogP contribution in [0.5, 0.6) is 0 Å². The summed E-state index contributed by atoms with van der Waals surface area (Å²) in [6.45, 7) is 11.3. The Balaban J connectivity index is 0. The highest BCUT2D eigenvalue weighted by Crippen LogP contribution is 2.11. The standard InChI is InChI=1S/C22H46O3.C18H34/c1-3-5-7-9-11-13-15-17-19-23-21-25-22-24-20-18-16-14-12-10-8-6-4-2;1-3-5-7-9-11-13-15-17-18-16-14-12-10-8-6-4-2/h3-22H2,1-2H3;5,7,10,12H,3-4,6,8-9,11,13-18H2,1-2H3/b;7-5-,12-10+. The van der Waals surface area contributed by atoms with E-state index in [2.05, 4.69) is 52.0 Å². The van der Waals surface area contributed by atoms with Crippen molar-refractivity contribution in [3.05, 3.63) is 24.3 Å². The fourth-order valence-electron chi connectivity index (χ4n) is 5.02. The van der Waals surface area contributed by atoms with Gasteiger partial charge in [-0.05, 0) is 51.4 Å². The van der Waals surface area contributed by atoms with Crippen molar-refractivity contribution in [2.75, 3.05) is 26.8 Å². The Labute approximate surface area is 272 Å². The predicted molar refractivity (Wildman–Crippen MR) is 193 cm³/mol. The third kappa shape index (κ3) is 48.5. The Morgan fingerprint density at radius 3 is 1.02 bits per heavy atom. The Bertz CT molecular complexity index is 480. The van der Waals surface area contributed by atoms with E-state index in [0.29, 0.717) is 13.6 Å². The summed E-state index contributed by atoms with van der Waals surface area (Å²) in [5, 5.41) is 0. The van der Waals surface area contributed by atoms with E-state index in [0.717, 1.165) is 26.1 Å². The average Bonchev–Trinajstić information content (AvgIpc) is 3.02. The molecule has 0 atom stereocenters. The first-order valence-corrected chi connectivity index (χ1v) is 19.4. The van der Waals surface area contributed by atoms with E-state index in [4.69, 9.17) is 14.2 Å². The van der Waals surface area contributed by atoms with Crippen LogP contribution in [0.3, 0.4) is 0 Å². The van der Waals surface area contributed by atoms with Crippen LogP contribution >= 0.6 is 0 Å². The van der Waals surface area contributed by atoms with Gasteiger partial charge in [-0.3, -0.25) is 0 Å². The van der Waals surface area contributed by atoms with Crippen LogP contribution in [0, 0.1) is 0 Å². The van der Waals surface area contributed by atoms with Crippen LogP contribution < -0.4 is 0 Å². The van der Waals surface area contributed by atoms with Crippen LogP contribution in [0.4, 0.5) is 0 Å². The minimum absolute atomic E-state index is 0.369. The maximum atomic E-state index is 5.47. The topological polar surface area (TPSA) is 27.7 Å². The lowest BCUT2D eigenvalue weighted by molar-refractivity contribution is -0.131. The second-order valence-corrected chi connectivity index (χ2v) is 12.4. The summed E-state index contributed by atoms with van der Waals surface area (Å²) < 4.78 is 16.3. The normalized spacial score (nSPS) is 11.5. The van der Waals surface area contributed by atoms with Gasteiger partial charge >= 0.3 is 0 Å². The van der Waals surface area contributed by atoms with Gasteiger partial charge in [0.05, 0.1) is 0 Å². The van der Waals surface area contributed by atoms with E-state index in [-0.39, 0.29) is 0 Å². The molecule has 0 saturated heterocycles. The highest BCUT2D eigenvalue weighted by molar-refractivity contribution is 4.81. The quantitative estimate of drug-likeness (QED) is 0.0407. The monoisotopic (exact) mass is 609 g/mol. The van der Waals surface area contributed by atoms with Crippen molar-refractivity contribution in [1.29, 1.82) is 0 Å². The van der Waals surface area contributed by atoms with Gasteiger partial charge < -0.3 is 14.2 Å². The molecule has 0 saturated carbocycles. The van der Waals surface area contributed by atoms with Crippen LogP contribution in [0.15, 0.2) is 24.3 Å². The molecule has 0 spiro atoms. The van der Waals surface area contributed by atoms with E-state index in [1.807, 2.05) is 0 Å². The highest BCUT2D eigenvalue weighted by Gasteiger charge is 1.95. The number of rotatable bonds is 35. The van der Waals surface area contributed by atoms with Crippen LogP contribution in [0.25, 0.3) is 0 Å². The Hall–Kier alpha value is -0.640. The van der Waals surface area contributed by atoms with E-state index < -0.39 is 0 Å². The molecule has 0 bridgehead atoms. The molecule has 0 N–H and O–H groups in total. The molecule has 0 amide bonds. The summed E-state index contributed by atoms with van der Waals surface area (Å²) in [4.78, 5) is 0. The van der Waals surface area contributed by atoms with E-state index >= 15 is 0 Å². The molecule has 0 fully saturated rings. The number of unbranched alkanes of at least 4 members (excludes halogenated alkanes) is 23. The van der Waals surface area contributed by atoms with E-state index in [1.54, 1.807) is 0 Å². The van der Waals surface area contributed by atoms with Gasteiger partial charge in [-0.1, -0.05) is 180 Å². The lowest BCUT2D eigenvalue weighted by Crippen LogP contribution is -2.06.